The fourth-order valence-corrected chi connectivity index (χ4v) is 2.77. The van der Waals surface area contributed by atoms with Gasteiger partial charge in [-0.3, -0.25) is 0 Å². The summed E-state index contributed by atoms with van der Waals surface area (Å²) in [5, 5.41) is 13.1. The first-order valence-corrected chi connectivity index (χ1v) is 7.18. The van der Waals surface area contributed by atoms with Crippen LogP contribution in [-0.4, -0.2) is 25.6 Å². The van der Waals surface area contributed by atoms with Crippen LogP contribution in [0.25, 0.3) is 0 Å². The van der Waals surface area contributed by atoms with Gasteiger partial charge in [0.15, 0.2) is 6.23 Å². The van der Waals surface area contributed by atoms with Crippen molar-refractivity contribution in [1.29, 1.82) is 0 Å². The topological polar surface area (TPSA) is 86.4 Å². The molecule has 0 amide bonds. The monoisotopic (exact) mass is 303 g/mol. The molecule has 22 heavy (non-hydrogen) atoms. The molecule has 1 N–H and O–H groups in total. The second-order valence-corrected chi connectivity index (χ2v) is 5.38. The molecule has 1 aliphatic heterocycles. The van der Waals surface area contributed by atoms with Gasteiger partial charge >= 0.3 is 11.8 Å². The Bertz CT molecular complexity index is 762. The molecule has 0 radical (unpaired) electrons. The van der Waals surface area contributed by atoms with Gasteiger partial charge in [0.1, 0.15) is 5.82 Å². The van der Waals surface area contributed by atoms with Crippen LogP contribution >= 0.6 is 0 Å². The van der Waals surface area contributed by atoms with E-state index in [2.05, 4.69) is 5.10 Å². The third-order valence-electron chi connectivity index (χ3n) is 3.90. The molecule has 1 aromatic heterocycles. The number of carbonyl (C=O) groups is 1. The van der Waals surface area contributed by atoms with Crippen molar-refractivity contribution >= 4 is 6.16 Å². The summed E-state index contributed by atoms with van der Waals surface area (Å²) in [5.74, 6) is 0.580. The third kappa shape index (κ3) is 2.61. The van der Waals surface area contributed by atoms with Crippen molar-refractivity contribution in [2.45, 2.75) is 39.0 Å². The molecule has 1 aromatic carbocycles. The maximum Gasteiger partial charge on any atom is 0.507 e. The number of hydrogen-bond acceptors (Lipinski definition) is 4. The summed E-state index contributed by atoms with van der Waals surface area (Å²) in [6, 6.07) is 7.79. The van der Waals surface area contributed by atoms with E-state index in [1.807, 2.05) is 31.2 Å². The second-order valence-electron chi connectivity index (χ2n) is 5.38. The zero-order valence-electron chi connectivity index (χ0n) is 12.2. The van der Waals surface area contributed by atoms with E-state index in [1.54, 1.807) is 0 Å². The Labute approximate surface area is 126 Å². The van der Waals surface area contributed by atoms with Crippen LogP contribution in [0.15, 0.2) is 29.1 Å². The standard InChI is InChI=1S/C15H17N3O4/c1-10-5-2-3-6-11(10)9-17-14(19)18-12(16-17)7-4-8-13(18)22-15(20)21/h2-3,5-6,13H,4,7-9H2,1H3,(H,20,21). The van der Waals surface area contributed by atoms with Gasteiger partial charge in [-0.15, -0.1) is 0 Å². The molecule has 0 saturated carbocycles. The van der Waals surface area contributed by atoms with Crippen LogP contribution in [0.1, 0.15) is 36.0 Å². The quantitative estimate of drug-likeness (QED) is 0.876. The van der Waals surface area contributed by atoms with E-state index >= 15 is 0 Å². The van der Waals surface area contributed by atoms with E-state index < -0.39 is 12.4 Å². The first-order chi connectivity index (χ1) is 10.6. The molecule has 0 aliphatic carbocycles. The van der Waals surface area contributed by atoms with Crippen LogP contribution in [0.2, 0.25) is 0 Å². The van der Waals surface area contributed by atoms with E-state index in [1.165, 1.54) is 9.25 Å². The van der Waals surface area contributed by atoms with Gasteiger partial charge in [0, 0.05) is 12.8 Å². The first kappa shape index (κ1) is 14.4. The van der Waals surface area contributed by atoms with Gasteiger partial charge in [-0.05, 0) is 24.5 Å². The highest BCUT2D eigenvalue weighted by Crippen LogP contribution is 2.23. The van der Waals surface area contributed by atoms with Crippen molar-refractivity contribution in [3.05, 3.63) is 51.7 Å². The molecule has 0 spiro atoms. The largest absolute Gasteiger partial charge is 0.507 e. The molecular formula is C15H17N3O4. The molecule has 0 bridgehead atoms. The van der Waals surface area contributed by atoms with Crippen LogP contribution in [-0.2, 0) is 17.7 Å². The number of nitrogens with zero attached hydrogens (tertiary/aromatic N) is 3. The number of aryl methyl sites for hydroxylation is 2. The summed E-state index contributed by atoms with van der Waals surface area (Å²) in [4.78, 5) is 23.3. The van der Waals surface area contributed by atoms with Gasteiger partial charge in [-0.2, -0.15) is 5.10 Å². The van der Waals surface area contributed by atoms with Crippen LogP contribution in [0, 0.1) is 6.92 Å². The van der Waals surface area contributed by atoms with Gasteiger partial charge in [0.2, 0.25) is 0 Å². The molecule has 1 atom stereocenters. The second kappa shape index (κ2) is 5.67. The smallest absolute Gasteiger partial charge is 0.450 e. The number of aromatic nitrogens is 3. The summed E-state index contributed by atoms with van der Waals surface area (Å²) in [6.45, 7) is 2.35. The SMILES string of the molecule is Cc1ccccc1Cn1nc2n(c1=O)C(OC(=O)O)CCC2. The van der Waals surface area contributed by atoms with Gasteiger partial charge in [-0.25, -0.2) is 18.8 Å². The summed E-state index contributed by atoms with van der Waals surface area (Å²) in [6.07, 6.45) is -0.264. The summed E-state index contributed by atoms with van der Waals surface area (Å²) in [5.41, 5.74) is 1.76. The van der Waals surface area contributed by atoms with Gasteiger partial charge in [-0.1, -0.05) is 24.3 Å². The van der Waals surface area contributed by atoms with Crippen molar-refractivity contribution in [2.24, 2.45) is 0 Å². The predicted octanol–water partition coefficient (Wildman–Crippen LogP) is 1.93. The normalized spacial score (nSPS) is 17.0. The van der Waals surface area contributed by atoms with Crippen molar-refractivity contribution in [2.75, 3.05) is 0 Å². The fourth-order valence-electron chi connectivity index (χ4n) is 2.77. The lowest BCUT2D eigenvalue weighted by molar-refractivity contribution is 0.00392. The zero-order chi connectivity index (χ0) is 15.7. The Morgan fingerprint density at radius 3 is 2.95 bits per heavy atom. The lowest BCUT2D eigenvalue weighted by Gasteiger charge is -2.21. The molecule has 1 aliphatic rings. The van der Waals surface area contributed by atoms with Gasteiger partial charge < -0.3 is 9.84 Å². The fraction of sp³-hybridized carbons (Fsp3) is 0.400. The van der Waals surface area contributed by atoms with E-state index in [4.69, 9.17) is 9.84 Å². The van der Waals surface area contributed by atoms with E-state index in [9.17, 15) is 9.59 Å². The van der Waals surface area contributed by atoms with Gasteiger partial charge in [0.05, 0.1) is 6.54 Å². The van der Waals surface area contributed by atoms with Crippen LogP contribution < -0.4 is 5.69 Å². The third-order valence-corrected chi connectivity index (χ3v) is 3.90. The van der Waals surface area contributed by atoms with Crippen LogP contribution in [0.3, 0.4) is 0 Å². The maximum absolute atomic E-state index is 12.5. The lowest BCUT2D eigenvalue weighted by Crippen LogP contribution is -2.33. The molecule has 0 fully saturated rings. The van der Waals surface area contributed by atoms with E-state index in [0.717, 1.165) is 17.5 Å². The highest BCUT2D eigenvalue weighted by atomic mass is 16.7. The maximum atomic E-state index is 12.5. The molecule has 7 heteroatoms. The minimum Gasteiger partial charge on any atom is -0.450 e. The molecule has 2 heterocycles. The minimum atomic E-state index is -1.38. The molecule has 3 rings (SSSR count). The Balaban J connectivity index is 1.95. The Morgan fingerprint density at radius 2 is 2.23 bits per heavy atom. The highest BCUT2D eigenvalue weighted by Gasteiger charge is 2.28. The predicted molar refractivity (Wildman–Crippen MR) is 77.9 cm³/mol. The van der Waals surface area contributed by atoms with E-state index in [0.29, 0.717) is 25.2 Å². The Hall–Kier alpha value is -2.57. The first-order valence-electron chi connectivity index (χ1n) is 7.18. The molecule has 116 valence electrons. The number of benzene rings is 1. The molecule has 7 nitrogen and oxygen atoms in total. The molecular weight excluding hydrogens is 286 g/mol. The van der Waals surface area contributed by atoms with E-state index in [-0.39, 0.29) is 5.69 Å². The van der Waals surface area contributed by atoms with Crippen molar-refractivity contribution < 1.29 is 14.6 Å². The Morgan fingerprint density at radius 1 is 1.45 bits per heavy atom. The minimum absolute atomic E-state index is 0.329. The van der Waals surface area contributed by atoms with Crippen LogP contribution in [0.4, 0.5) is 4.79 Å². The molecule has 2 aromatic rings. The van der Waals surface area contributed by atoms with Crippen molar-refractivity contribution in [3.8, 4) is 0 Å². The molecule has 1 unspecified atom stereocenters. The Kier molecular flexibility index (Phi) is 3.70. The van der Waals surface area contributed by atoms with Crippen molar-refractivity contribution in [3.63, 3.8) is 0 Å². The van der Waals surface area contributed by atoms with Crippen molar-refractivity contribution in [1.82, 2.24) is 14.3 Å². The number of hydrogen-bond donors (Lipinski definition) is 1. The summed E-state index contributed by atoms with van der Waals surface area (Å²) in [7, 11) is 0. The zero-order valence-corrected chi connectivity index (χ0v) is 12.2. The number of rotatable bonds is 3. The average molecular weight is 303 g/mol. The number of ether oxygens (including phenoxy) is 1. The van der Waals surface area contributed by atoms with Gasteiger partial charge in [0.25, 0.3) is 0 Å². The highest BCUT2D eigenvalue weighted by molar-refractivity contribution is 5.56. The molecule has 0 saturated heterocycles. The van der Waals surface area contributed by atoms with Crippen LogP contribution in [0.5, 0.6) is 0 Å². The number of fused-ring (bicyclic) bond motifs is 1. The number of carboxylic acid groups (broad SMARTS) is 1. The lowest BCUT2D eigenvalue weighted by atomic mass is 10.1. The average Bonchev–Trinajstić information content (AvgIpc) is 2.78. The summed E-state index contributed by atoms with van der Waals surface area (Å²) < 4.78 is 7.55. The summed E-state index contributed by atoms with van der Waals surface area (Å²) >= 11 is 0.